The summed E-state index contributed by atoms with van der Waals surface area (Å²) in [5.41, 5.74) is 2.39. The SMILES string of the molecule is Clc1ccc(N2CCN(CCc3ccc(-c4ccccc4)o3)CC2)cc1. The Morgan fingerprint density at radius 1 is 0.808 bits per heavy atom. The number of rotatable bonds is 5. The molecule has 0 N–H and O–H groups in total. The third-order valence-electron chi connectivity index (χ3n) is 4.96. The Morgan fingerprint density at radius 3 is 2.27 bits per heavy atom. The average molecular weight is 367 g/mol. The Bertz CT molecular complexity index is 821. The van der Waals surface area contributed by atoms with Crippen molar-refractivity contribution in [3.8, 4) is 11.3 Å². The monoisotopic (exact) mass is 366 g/mol. The normalized spacial score (nSPS) is 15.3. The first-order chi connectivity index (χ1) is 12.8. The maximum Gasteiger partial charge on any atom is 0.134 e. The van der Waals surface area contributed by atoms with Crippen LogP contribution in [0.2, 0.25) is 5.02 Å². The lowest BCUT2D eigenvalue weighted by atomic mass is 10.2. The van der Waals surface area contributed by atoms with Crippen LogP contribution < -0.4 is 4.90 Å². The van der Waals surface area contributed by atoms with Crippen LogP contribution in [0.4, 0.5) is 5.69 Å². The van der Waals surface area contributed by atoms with Crippen LogP contribution in [0, 0.1) is 0 Å². The van der Waals surface area contributed by atoms with Gasteiger partial charge in [0, 0.05) is 55.4 Å². The third kappa shape index (κ3) is 4.12. The Balaban J connectivity index is 1.27. The largest absolute Gasteiger partial charge is 0.461 e. The molecule has 0 aliphatic carbocycles. The van der Waals surface area contributed by atoms with Crippen LogP contribution in [0.25, 0.3) is 11.3 Å². The molecule has 0 saturated carbocycles. The van der Waals surface area contributed by atoms with Crippen molar-refractivity contribution < 1.29 is 4.42 Å². The number of furan rings is 1. The van der Waals surface area contributed by atoms with Gasteiger partial charge in [0.2, 0.25) is 0 Å². The molecule has 3 nitrogen and oxygen atoms in total. The Labute approximate surface area is 159 Å². The lowest BCUT2D eigenvalue weighted by molar-refractivity contribution is 0.255. The van der Waals surface area contributed by atoms with Crippen LogP contribution in [0.1, 0.15) is 5.76 Å². The number of hydrogen-bond donors (Lipinski definition) is 0. The topological polar surface area (TPSA) is 19.6 Å². The van der Waals surface area contributed by atoms with Crippen molar-refractivity contribution in [2.24, 2.45) is 0 Å². The summed E-state index contributed by atoms with van der Waals surface area (Å²) in [5, 5.41) is 0.792. The van der Waals surface area contributed by atoms with Crippen molar-refractivity contribution in [2.75, 3.05) is 37.6 Å². The summed E-state index contributed by atoms with van der Waals surface area (Å²) in [6.07, 6.45) is 0.952. The zero-order valence-electron chi connectivity index (χ0n) is 14.8. The van der Waals surface area contributed by atoms with Crippen molar-refractivity contribution in [3.05, 3.63) is 77.5 Å². The highest BCUT2D eigenvalue weighted by Gasteiger charge is 2.17. The summed E-state index contributed by atoms with van der Waals surface area (Å²) in [4.78, 5) is 4.93. The minimum Gasteiger partial charge on any atom is -0.461 e. The molecule has 0 atom stereocenters. The number of nitrogens with zero attached hydrogens (tertiary/aromatic N) is 2. The second kappa shape index (κ2) is 7.98. The molecule has 0 unspecified atom stereocenters. The van der Waals surface area contributed by atoms with Gasteiger partial charge in [0.1, 0.15) is 11.5 Å². The van der Waals surface area contributed by atoms with E-state index >= 15 is 0 Å². The molecule has 1 fully saturated rings. The highest BCUT2D eigenvalue weighted by Crippen LogP contribution is 2.23. The maximum absolute atomic E-state index is 6.01. The summed E-state index contributed by atoms with van der Waals surface area (Å²) in [6.45, 7) is 5.30. The molecule has 134 valence electrons. The van der Waals surface area contributed by atoms with E-state index in [1.807, 2.05) is 30.3 Å². The van der Waals surface area contributed by atoms with E-state index in [1.54, 1.807) is 0 Å². The molecule has 1 aliphatic rings. The lowest BCUT2D eigenvalue weighted by Gasteiger charge is -2.36. The summed E-state index contributed by atoms with van der Waals surface area (Å²) in [7, 11) is 0. The van der Waals surface area contributed by atoms with Gasteiger partial charge in [-0.3, -0.25) is 4.90 Å². The van der Waals surface area contributed by atoms with E-state index in [2.05, 4.69) is 46.2 Å². The van der Waals surface area contributed by atoms with Gasteiger partial charge < -0.3 is 9.32 Å². The number of hydrogen-bond acceptors (Lipinski definition) is 3. The first kappa shape index (κ1) is 17.2. The molecule has 2 aromatic carbocycles. The Morgan fingerprint density at radius 2 is 1.54 bits per heavy atom. The van der Waals surface area contributed by atoms with Crippen molar-refractivity contribution in [1.82, 2.24) is 4.90 Å². The number of benzene rings is 2. The molecule has 0 amide bonds. The molecule has 26 heavy (non-hydrogen) atoms. The van der Waals surface area contributed by atoms with E-state index < -0.39 is 0 Å². The molecular formula is C22H23ClN2O. The zero-order valence-corrected chi connectivity index (χ0v) is 15.5. The fourth-order valence-electron chi connectivity index (χ4n) is 3.42. The molecular weight excluding hydrogens is 344 g/mol. The summed E-state index contributed by atoms with van der Waals surface area (Å²) >= 11 is 5.98. The van der Waals surface area contributed by atoms with Crippen LogP contribution in [0.15, 0.2) is 71.1 Å². The molecule has 1 aromatic heterocycles. The van der Waals surface area contributed by atoms with E-state index in [-0.39, 0.29) is 0 Å². The fourth-order valence-corrected chi connectivity index (χ4v) is 3.55. The molecule has 0 bridgehead atoms. The molecule has 4 rings (SSSR count). The predicted molar refractivity (Wildman–Crippen MR) is 108 cm³/mol. The van der Waals surface area contributed by atoms with Gasteiger partial charge in [-0.15, -0.1) is 0 Å². The van der Waals surface area contributed by atoms with E-state index in [0.717, 1.165) is 61.3 Å². The van der Waals surface area contributed by atoms with Crippen molar-refractivity contribution in [1.29, 1.82) is 0 Å². The summed E-state index contributed by atoms with van der Waals surface area (Å²) in [6, 6.07) is 22.6. The van der Waals surface area contributed by atoms with Crippen LogP contribution in [0.3, 0.4) is 0 Å². The number of piperazine rings is 1. The van der Waals surface area contributed by atoms with E-state index in [0.29, 0.717) is 0 Å². The number of halogens is 1. The highest BCUT2D eigenvalue weighted by atomic mass is 35.5. The van der Waals surface area contributed by atoms with E-state index in [9.17, 15) is 0 Å². The van der Waals surface area contributed by atoms with Gasteiger partial charge in [-0.2, -0.15) is 0 Å². The van der Waals surface area contributed by atoms with Crippen LogP contribution in [-0.4, -0.2) is 37.6 Å². The van der Waals surface area contributed by atoms with Gasteiger partial charge in [-0.05, 0) is 36.4 Å². The standard InChI is InChI=1S/C22H23ClN2O/c23-19-6-8-20(9-7-19)25-16-14-24(15-17-25)13-12-21-10-11-22(26-21)18-4-2-1-3-5-18/h1-11H,12-17H2. The fraction of sp³-hybridized carbons (Fsp3) is 0.273. The molecule has 1 aliphatic heterocycles. The first-order valence-electron chi connectivity index (χ1n) is 9.15. The molecule has 3 aromatic rings. The average Bonchev–Trinajstić information content (AvgIpc) is 3.17. The van der Waals surface area contributed by atoms with Crippen LogP contribution in [-0.2, 0) is 6.42 Å². The predicted octanol–water partition coefficient (Wildman–Crippen LogP) is 4.96. The first-order valence-corrected chi connectivity index (χ1v) is 9.53. The van der Waals surface area contributed by atoms with Gasteiger partial charge in [0.05, 0.1) is 0 Å². The Hall–Kier alpha value is -2.23. The molecule has 0 spiro atoms. The maximum atomic E-state index is 6.01. The minimum atomic E-state index is 0.792. The van der Waals surface area contributed by atoms with Crippen LogP contribution >= 0.6 is 11.6 Å². The quantitative estimate of drug-likeness (QED) is 0.636. The van der Waals surface area contributed by atoms with Gasteiger partial charge in [0.15, 0.2) is 0 Å². The van der Waals surface area contributed by atoms with E-state index in [4.69, 9.17) is 16.0 Å². The van der Waals surface area contributed by atoms with Crippen LogP contribution in [0.5, 0.6) is 0 Å². The summed E-state index contributed by atoms with van der Waals surface area (Å²) in [5.74, 6) is 2.01. The zero-order chi connectivity index (χ0) is 17.8. The van der Waals surface area contributed by atoms with Gasteiger partial charge in [0.25, 0.3) is 0 Å². The smallest absolute Gasteiger partial charge is 0.134 e. The third-order valence-corrected chi connectivity index (χ3v) is 5.21. The Kier molecular flexibility index (Phi) is 5.28. The second-order valence-electron chi connectivity index (χ2n) is 6.69. The second-order valence-corrected chi connectivity index (χ2v) is 7.12. The van der Waals surface area contributed by atoms with E-state index in [1.165, 1.54) is 5.69 Å². The van der Waals surface area contributed by atoms with Crippen molar-refractivity contribution in [2.45, 2.75) is 6.42 Å². The van der Waals surface area contributed by atoms with Gasteiger partial charge >= 0.3 is 0 Å². The molecule has 1 saturated heterocycles. The van der Waals surface area contributed by atoms with Gasteiger partial charge in [-0.1, -0.05) is 41.9 Å². The number of anilines is 1. The van der Waals surface area contributed by atoms with Crippen molar-refractivity contribution >= 4 is 17.3 Å². The van der Waals surface area contributed by atoms with Crippen molar-refractivity contribution in [3.63, 3.8) is 0 Å². The molecule has 2 heterocycles. The molecule has 4 heteroatoms. The minimum absolute atomic E-state index is 0.792. The molecule has 0 radical (unpaired) electrons. The lowest BCUT2D eigenvalue weighted by Crippen LogP contribution is -2.46. The highest BCUT2D eigenvalue weighted by molar-refractivity contribution is 6.30. The van der Waals surface area contributed by atoms with Gasteiger partial charge in [-0.25, -0.2) is 0 Å². The summed E-state index contributed by atoms with van der Waals surface area (Å²) < 4.78 is 6.01.